The topological polar surface area (TPSA) is 79.5 Å². The van der Waals surface area contributed by atoms with E-state index in [2.05, 4.69) is 27.5 Å². The van der Waals surface area contributed by atoms with Crippen molar-refractivity contribution in [3.05, 3.63) is 53.6 Å². The number of allylic oxidation sites excluding steroid dienone is 3. The summed E-state index contributed by atoms with van der Waals surface area (Å²) < 4.78 is 74.5. The Kier molecular flexibility index (Phi) is 7.49. The van der Waals surface area contributed by atoms with Crippen molar-refractivity contribution in [1.82, 2.24) is 10.0 Å². The summed E-state index contributed by atoms with van der Waals surface area (Å²) in [7, 11) is -3.45. The fourth-order valence-electron chi connectivity index (χ4n) is 5.56. The van der Waals surface area contributed by atoms with Gasteiger partial charge in [0.1, 0.15) is 0 Å². The molecule has 0 radical (unpaired) electrons. The zero-order valence-corrected chi connectivity index (χ0v) is 21.0. The first kappa shape index (κ1) is 25.8. The molecule has 0 spiro atoms. The fraction of sp³-hybridized carbons (Fsp3) is 0.615. The van der Waals surface area contributed by atoms with Gasteiger partial charge in [0, 0.05) is 41.7 Å². The normalized spacial score (nSPS) is 29.9. The van der Waals surface area contributed by atoms with Gasteiger partial charge in [-0.1, -0.05) is 24.3 Å². The first-order valence-electron chi connectivity index (χ1n) is 12.9. The van der Waals surface area contributed by atoms with Crippen molar-refractivity contribution in [3.63, 3.8) is 0 Å². The monoisotopic (exact) mass is 525 g/mol. The number of rotatable bonds is 9. The highest BCUT2D eigenvalue weighted by Gasteiger charge is 2.45. The molecule has 6 nitrogen and oxygen atoms in total. The summed E-state index contributed by atoms with van der Waals surface area (Å²) in [6.45, 7) is 0.798. The highest BCUT2D eigenvalue weighted by atomic mass is 32.2. The van der Waals surface area contributed by atoms with Crippen molar-refractivity contribution in [2.45, 2.75) is 69.0 Å². The highest BCUT2D eigenvalue weighted by Crippen LogP contribution is 2.49. The third kappa shape index (κ3) is 6.15. The number of halogens is 3. The number of fused-ring (bicyclic) bond motifs is 3. The molecular formula is C26H34F3N3O3S. The van der Waals surface area contributed by atoms with E-state index >= 15 is 0 Å². The van der Waals surface area contributed by atoms with Gasteiger partial charge in [-0.05, 0) is 63.3 Å². The van der Waals surface area contributed by atoms with Gasteiger partial charge < -0.3 is 15.4 Å². The third-order valence-corrected chi connectivity index (χ3v) is 9.06. The molecule has 10 heteroatoms. The van der Waals surface area contributed by atoms with Gasteiger partial charge in [0.05, 0.1) is 23.5 Å². The second kappa shape index (κ2) is 10.5. The molecule has 2 aliphatic heterocycles. The maximum Gasteiger partial charge on any atom is 0.416 e. The molecule has 2 aliphatic carbocycles. The van der Waals surface area contributed by atoms with Crippen LogP contribution in [-0.4, -0.2) is 45.4 Å². The average Bonchev–Trinajstić information content (AvgIpc) is 3.69. The lowest BCUT2D eigenvalue weighted by atomic mass is 9.73. The number of benzene rings is 1. The predicted molar refractivity (Wildman–Crippen MR) is 133 cm³/mol. The maximum atomic E-state index is 13.5. The molecule has 2 heterocycles. The first-order chi connectivity index (χ1) is 17.2. The number of nitrogens with one attached hydrogen (secondary N) is 3. The minimum Gasteiger partial charge on any atom is -0.381 e. The van der Waals surface area contributed by atoms with Crippen LogP contribution < -0.4 is 15.4 Å². The van der Waals surface area contributed by atoms with Crippen molar-refractivity contribution >= 4 is 15.7 Å². The molecule has 4 aliphatic rings. The van der Waals surface area contributed by atoms with Gasteiger partial charge in [-0.15, -0.1) is 0 Å². The molecule has 36 heavy (non-hydrogen) atoms. The van der Waals surface area contributed by atoms with Crippen LogP contribution in [0.15, 0.2) is 42.5 Å². The summed E-state index contributed by atoms with van der Waals surface area (Å²) in [6.07, 6.45) is 7.97. The molecule has 1 saturated carbocycles. The molecule has 5 atom stereocenters. The van der Waals surface area contributed by atoms with Crippen LogP contribution in [0.25, 0.3) is 0 Å². The largest absolute Gasteiger partial charge is 0.416 e. The SMILES string of the molecule is O=S(=O)(CCCNC1CC1)NC[C@H]1CC[C@@H]2[C@H](O1)c1cc(C(F)(F)F)ccc1N[C@H]2C1C=CC=CC1. The molecule has 0 bridgehead atoms. The van der Waals surface area contributed by atoms with Crippen LogP contribution in [0.2, 0.25) is 0 Å². The number of alkyl halides is 3. The number of hydrogen-bond donors (Lipinski definition) is 3. The molecule has 198 valence electrons. The summed E-state index contributed by atoms with van der Waals surface area (Å²) in [6, 6.07) is 4.35. The molecule has 1 saturated heterocycles. The fourth-order valence-corrected chi connectivity index (χ4v) is 6.67. The molecule has 3 N–H and O–H groups in total. The van der Waals surface area contributed by atoms with Crippen molar-refractivity contribution in [3.8, 4) is 0 Å². The van der Waals surface area contributed by atoms with Crippen LogP contribution in [0.5, 0.6) is 0 Å². The summed E-state index contributed by atoms with van der Waals surface area (Å²) >= 11 is 0. The van der Waals surface area contributed by atoms with Crippen LogP contribution in [0.1, 0.15) is 55.8 Å². The molecule has 1 aromatic rings. The Morgan fingerprint density at radius 2 is 1.94 bits per heavy atom. The van der Waals surface area contributed by atoms with E-state index < -0.39 is 34.0 Å². The van der Waals surface area contributed by atoms with Crippen molar-refractivity contribution in [1.29, 1.82) is 0 Å². The molecule has 0 aromatic heterocycles. The second-order valence-electron chi connectivity index (χ2n) is 10.4. The Morgan fingerprint density at radius 1 is 1.11 bits per heavy atom. The first-order valence-corrected chi connectivity index (χ1v) is 14.5. The number of hydrogen-bond acceptors (Lipinski definition) is 5. The van der Waals surface area contributed by atoms with Crippen LogP contribution in [0, 0.1) is 11.8 Å². The molecule has 1 aromatic carbocycles. The lowest BCUT2D eigenvalue weighted by Crippen LogP contribution is -2.48. The third-order valence-electron chi connectivity index (χ3n) is 7.62. The smallest absolute Gasteiger partial charge is 0.381 e. The van der Waals surface area contributed by atoms with Crippen LogP contribution >= 0.6 is 0 Å². The predicted octanol–water partition coefficient (Wildman–Crippen LogP) is 4.53. The Balaban J connectivity index is 1.28. The molecule has 2 fully saturated rings. The molecule has 0 amide bonds. The minimum absolute atomic E-state index is 0.0107. The van der Waals surface area contributed by atoms with E-state index in [0.717, 1.165) is 31.7 Å². The Morgan fingerprint density at radius 3 is 2.67 bits per heavy atom. The summed E-state index contributed by atoms with van der Waals surface area (Å²) in [4.78, 5) is 0. The molecular weight excluding hydrogens is 491 g/mol. The van der Waals surface area contributed by atoms with Gasteiger partial charge in [0.25, 0.3) is 0 Å². The van der Waals surface area contributed by atoms with Crippen LogP contribution in [0.4, 0.5) is 18.9 Å². The van der Waals surface area contributed by atoms with Crippen molar-refractivity contribution in [2.24, 2.45) is 11.8 Å². The van der Waals surface area contributed by atoms with E-state index in [1.807, 2.05) is 12.2 Å². The summed E-state index contributed by atoms with van der Waals surface area (Å²) in [5.41, 5.74) is 0.452. The van der Waals surface area contributed by atoms with Gasteiger partial charge in [-0.25, -0.2) is 13.1 Å². The van der Waals surface area contributed by atoms with E-state index in [0.29, 0.717) is 36.7 Å². The maximum absolute atomic E-state index is 13.5. The van der Waals surface area contributed by atoms with Gasteiger partial charge in [-0.3, -0.25) is 0 Å². The highest BCUT2D eigenvalue weighted by molar-refractivity contribution is 7.89. The minimum atomic E-state index is -4.45. The standard InChI is InChI=1S/C26H34F3N3O3S/c27-26(28,29)18-7-12-23-22(15-18)25-21(24(32-23)17-5-2-1-3-6-17)11-10-20(35-25)16-31-36(33,34)14-4-13-30-19-8-9-19/h1-3,5,7,12,15,17,19-21,24-25,30-32H,4,6,8-11,13-14,16H2/t17?,20-,21+,24+,25+/m1/s1. The van der Waals surface area contributed by atoms with Crippen molar-refractivity contribution < 1.29 is 26.3 Å². The van der Waals surface area contributed by atoms with Crippen LogP contribution in [0.3, 0.4) is 0 Å². The Bertz CT molecular complexity index is 1100. The number of anilines is 1. The van der Waals surface area contributed by atoms with Gasteiger partial charge >= 0.3 is 6.18 Å². The zero-order valence-electron chi connectivity index (χ0n) is 20.1. The second-order valence-corrected chi connectivity index (χ2v) is 12.3. The molecule has 1 unspecified atom stereocenters. The van der Waals surface area contributed by atoms with Gasteiger partial charge in [0.2, 0.25) is 10.0 Å². The van der Waals surface area contributed by atoms with E-state index in [1.165, 1.54) is 12.1 Å². The van der Waals surface area contributed by atoms with Gasteiger partial charge in [0.15, 0.2) is 0 Å². The number of sulfonamides is 1. The molecule has 5 rings (SSSR count). The van der Waals surface area contributed by atoms with E-state index in [4.69, 9.17) is 4.74 Å². The lowest BCUT2D eigenvalue weighted by molar-refractivity contribution is -0.138. The summed E-state index contributed by atoms with van der Waals surface area (Å²) in [5.74, 6) is 0.237. The van der Waals surface area contributed by atoms with Gasteiger partial charge in [-0.2, -0.15) is 13.2 Å². The number of ether oxygens (including phenoxy) is 1. The lowest BCUT2D eigenvalue weighted by Gasteiger charge is -2.47. The van der Waals surface area contributed by atoms with E-state index in [1.54, 1.807) is 0 Å². The van der Waals surface area contributed by atoms with Crippen molar-refractivity contribution in [2.75, 3.05) is 24.2 Å². The van der Waals surface area contributed by atoms with E-state index in [9.17, 15) is 21.6 Å². The van der Waals surface area contributed by atoms with Crippen LogP contribution in [-0.2, 0) is 20.9 Å². The zero-order chi connectivity index (χ0) is 25.3. The summed E-state index contributed by atoms with van der Waals surface area (Å²) in [5, 5.41) is 6.82. The quantitative estimate of drug-likeness (QED) is 0.413. The Hall–Kier alpha value is -1.88. The Labute approximate surface area is 210 Å². The average molecular weight is 526 g/mol. The van der Waals surface area contributed by atoms with E-state index in [-0.39, 0.29) is 30.2 Å².